The highest BCUT2D eigenvalue weighted by Crippen LogP contribution is 2.50. The molecule has 3 aromatic rings. The van der Waals surface area contributed by atoms with Gasteiger partial charge in [0.1, 0.15) is 5.75 Å². The molecule has 7 heteroatoms. The molecule has 35 heavy (non-hydrogen) atoms. The van der Waals surface area contributed by atoms with Gasteiger partial charge in [-0.1, -0.05) is 41.4 Å². The number of para-hydroxylation sites is 1. The third-order valence-corrected chi connectivity index (χ3v) is 7.60. The lowest BCUT2D eigenvalue weighted by Gasteiger charge is -2.23. The van der Waals surface area contributed by atoms with Gasteiger partial charge in [0, 0.05) is 46.6 Å². The number of nitrogens with zero attached hydrogens (tertiary/aromatic N) is 1. The molecule has 1 heterocycles. The van der Waals surface area contributed by atoms with Crippen LogP contribution in [0.25, 0.3) is 11.1 Å². The van der Waals surface area contributed by atoms with E-state index in [2.05, 4.69) is 40.0 Å². The first-order chi connectivity index (χ1) is 17.1. The molecular formula is C28H31Cl2N3O2. The largest absolute Gasteiger partial charge is 0.490 e. The fraction of sp³-hybridized carbons (Fsp3) is 0.393. The summed E-state index contributed by atoms with van der Waals surface area (Å²) in [5, 5.41) is 14.0. The topological polar surface area (TPSA) is 66.4 Å². The van der Waals surface area contributed by atoms with Crippen molar-refractivity contribution in [2.45, 2.75) is 63.1 Å². The first kappa shape index (κ1) is 24.5. The minimum absolute atomic E-state index is 0.137. The molecule has 2 aromatic carbocycles. The van der Waals surface area contributed by atoms with Crippen molar-refractivity contribution < 1.29 is 9.94 Å². The Morgan fingerprint density at radius 2 is 1.77 bits per heavy atom. The number of hydrogen-bond acceptors (Lipinski definition) is 5. The Hall–Kier alpha value is -2.15. The number of unbranched alkanes of at least 4 members (excludes halogenated alkanes) is 1. The summed E-state index contributed by atoms with van der Waals surface area (Å²) in [6.45, 7) is 1.20. The van der Waals surface area contributed by atoms with Crippen molar-refractivity contribution in [2.75, 3.05) is 6.54 Å². The van der Waals surface area contributed by atoms with Gasteiger partial charge in [-0.05, 0) is 91.5 Å². The van der Waals surface area contributed by atoms with Crippen LogP contribution in [0.3, 0.4) is 0 Å². The Kier molecular flexibility index (Phi) is 7.61. The van der Waals surface area contributed by atoms with Crippen molar-refractivity contribution in [3.05, 3.63) is 81.6 Å². The molecule has 2 aliphatic carbocycles. The highest BCUT2D eigenvalue weighted by molar-refractivity contribution is 6.34. The zero-order chi connectivity index (χ0) is 24.3. The Bertz CT molecular complexity index is 1180. The Morgan fingerprint density at radius 1 is 1.00 bits per heavy atom. The van der Waals surface area contributed by atoms with Gasteiger partial charge in [0.25, 0.3) is 0 Å². The van der Waals surface area contributed by atoms with Gasteiger partial charge in [0.2, 0.25) is 0 Å². The van der Waals surface area contributed by atoms with Crippen LogP contribution in [-0.2, 0) is 18.5 Å². The van der Waals surface area contributed by atoms with Gasteiger partial charge >= 0.3 is 0 Å². The summed E-state index contributed by atoms with van der Waals surface area (Å²) < 4.78 is 6.22. The highest BCUT2D eigenvalue weighted by atomic mass is 35.5. The zero-order valence-electron chi connectivity index (χ0n) is 19.7. The van der Waals surface area contributed by atoms with E-state index in [0.29, 0.717) is 19.2 Å². The number of ether oxygens (including phenoxy) is 1. The van der Waals surface area contributed by atoms with Crippen LogP contribution in [0.5, 0.6) is 5.75 Å². The van der Waals surface area contributed by atoms with E-state index < -0.39 is 0 Å². The summed E-state index contributed by atoms with van der Waals surface area (Å²) in [6, 6.07) is 14.4. The summed E-state index contributed by atoms with van der Waals surface area (Å²) in [7, 11) is 0. The van der Waals surface area contributed by atoms with Crippen molar-refractivity contribution in [2.24, 2.45) is 0 Å². The second-order valence-corrected chi connectivity index (χ2v) is 10.4. The molecule has 0 amide bonds. The predicted molar refractivity (Wildman–Crippen MR) is 140 cm³/mol. The summed E-state index contributed by atoms with van der Waals surface area (Å²) in [4.78, 5) is 4.47. The third kappa shape index (κ3) is 5.82. The quantitative estimate of drug-likeness (QED) is 0.187. The summed E-state index contributed by atoms with van der Waals surface area (Å²) >= 11 is 13.2. The first-order valence-electron chi connectivity index (χ1n) is 12.4. The molecule has 2 saturated carbocycles. The van der Waals surface area contributed by atoms with Crippen LogP contribution in [-0.4, -0.2) is 22.8 Å². The van der Waals surface area contributed by atoms with E-state index in [4.69, 9.17) is 33.1 Å². The monoisotopic (exact) mass is 511 g/mol. The van der Waals surface area contributed by atoms with Gasteiger partial charge in [0.15, 0.2) is 0 Å². The second kappa shape index (κ2) is 10.9. The number of aryl methyl sites for hydroxylation is 1. The van der Waals surface area contributed by atoms with Crippen molar-refractivity contribution in [3.63, 3.8) is 0 Å². The molecule has 0 atom stereocenters. The van der Waals surface area contributed by atoms with Crippen LogP contribution in [0, 0.1) is 0 Å². The van der Waals surface area contributed by atoms with Crippen LogP contribution < -0.4 is 15.5 Å². The smallest absolute Gasteiger partial charge is 0.127 e. The van der Waals surface area contributed by atoms with Crippen molar-refractivity contribution in [1.82, 2.24) is 15.8 Å². The average molecular weight is 512 g/mol. The number of benzene rings is 2. The maximum absolute atomic E-state index is 8.73. The number of hydroxylamine groups is 1. The highest BCUT2D eigenvalue weighted by Gasteiger charge is 2.45. The maximum Gasteiger partial charge on any atom is 0.127 e. The van der Waals surface area contributed by atoms with Crippen LogP contribution in [0.1, 0.15) is 55.2 Å². The molecule has 5 nitrogen and oxygen atoms in total. The van der Waals surface area contributed by atoms with E-state index in [1.807, 2.05) is 30.6 Å². The van der Waals surface area contributed by atoms with Gasteiger partial charge in [-0.3, -0.25) is 4.98 Å². The van der Waals surface area contributed by atoms with E-state index >= 15 is 0 Å². The second-order valence-electron chi connectivity index (χ2n) is 9.57. The fourth-order valence-electron chi connectivity index (χ4n) is 4.57. The van der Waals surface area contributed by atoms with Crippen LogP contribution in [0.2, 0.25) is 10.0 Å². The van der Waals surface area contributed by atoms with Crippen molar-refractivity contribution in [1.29, 1.82) is 0 Å². The lowest BCUT2D eigenvalue weighted by Crippen LogP contribution is -2.29. The van der Waals surface area contributed by atoms with Crippen LogP contribution >= 0.6 is 23.2 Å². The van der Waals surface area contributed by atoms with Crippen molar-refractivity contribution in [3.8, 4) is 16.9 Å². The number of aromatic nitrogens is 1. The molecule has 0 radical (unpaired) electrons. The number of rotatable bonds is 12. The lowest BCUT2D eigenvalue weighted by molar-refractivity contribution is 0.165. The minimum Gasteiger partial charge on any atom is -0.490 e. The standard InChI is InChI=1S/C28H31Cl2N3O2/c29-25-16-20(26(30)15-19(25)5-3-4-13-33-34)17-32-28(11-12-28)24-18-31-14-10-22(24)23-6-1-2-7-27(23)35-21-8-9-21/h1-2,6-7,10,14-16,18,21,32-34H,3-5,8-9,11-13,17H2. The molecule has 0 unspecified atom stereocenters. The van der Waals surface area contributed by atoms with Gasteiger partial charge in [-0.2, -0.15) is 0 Å². The molecule has 0 saturated heterocycles. The summed E-state index contributed by atoms with van der Waals surface area (Å²) in [5.41, 5.74) is 7.57. The molecule has 184 valence electrons. The average Bonchev–Trinajstić information content (AvgIpc) is 3.80. The third-order valence-electron chi connectivity index (χ3n) is 6.90. The van der Waals surface area contributed by atoms with E-state index in [9.17, 15) is 0 Å². The molecule has 0 aliphatic heterocycles. The Morgan fingerprint density at radius 3 is 2.54 bits per heavy atom. The number of halogens is 2. The Balaban J connectivity index is 1.33. The molecule has 3 N–H and O–H groups in total. The van der Waals surface area contributed by atoms with Crippen LogP contribution in [0.15, 0.2) is 54.9 Å². The Labute approximate surface area is 216 Å². The molecule has 1 aromatic heterocycles. The summed E-state index contributed by atoms with van der Waals surface area (Å²) in [5.74, 6) is 0.943. The van der Waals surface area contributed by atoms with Gasteiger partial charge in [-0.25, -0.2) is 5.48 Å². The fourth-order valence-corrected chi connectivity index (χ4v) is 5.11. The molecule has 0 spiro atoms. The number of pyridine rings is 1. The zero-order valence-corrected chi connectivity index (χ0v) is 21.2. The number of nitrogens with one attached hydrogen (secondary N) is 2. The van der Waals surface area contributed by atoms with E-state index in [1.54, 1.807) is 0 Å². The lowest BCUT2D eigenvalue weighted by atomic mass is 9.94. The maximum atomic E-state index is 8.73. The predicted octanol–water partition coefficient (Wildman–Crippen LogP) is 6.68. The molecule has 0 bridgehead atoms. The summed E-state index contributed by atoms with van der Waals surface area (Å²) in [6.07, 6.45) is 11.2. The number of hydrogen-bond donors (Lipinski definition) is 3. The van der Waals surface area contributed by atoms with Crippen molar-refractivity contribution >= 4 is 23.2 Å². The van der Waals surface area contributed by atoms with Gasteiger partial charge < -0.3 is 15.3 Å². The first-order valence-corrected chi connectivity index (χ1v) is 13.1. The molecule has 2 aliphatic rings. The van der Waals surface area contributed by atoms with Gasteiger partial charge in [-0.15, -0.1) is 0 Å². The van der Waals surface area contributed by atoms with Gasteiger partial charge in [0.05, 0.1) is 6.10 Å². The minimum atomic E-state index is -0.137. The molecule has 5 rings (SSSR count). The van der Waals surface area contributed by atoms with E-state index in [-0.39, 0.29) is 5.54 Å². The molecular weight excluding hydrogens is 481 g/mol. The van der Waals surface area contributed by atoms with E-state index in [1.165, 1.54) is 5.56 Å². The normalized spacial score (nSPS) is 16.3. The SMILES string of the molecule is ONCCCCc1cc(Cl)c(CNC2(c3cnccc3-c3ccccc3OC3CC3)CC2)cc1Cl. The van der Waals surface area contributed by atoms with Crippen LogP contribution in [0.4, 0.5) is 0 Å². The van der Waals surface area contributed by atoms with E-state index in [0.717, 1.165) is 83.0 Å². The molecule has 2 fully saturated rings.